The minimum Gasteiger partial charge on any atom is -0.481 e. The quantitative estimate of drug-likeness (QED) is 0.859. The number of aryl methyl sites for hydroxylation is 1. The Bertz CT molecular complexity index is 634. The zero-order chi connectivity index (χ0) is 14.5. The molecule has 0 spiro atoms. The first kappa shape index (κ1) is 13.8. The van der Waals surface area contributed by atoms with Crippen LogP contribution in [0.25, 0.3) is 11.1 Å². The number of carbonyl (C=O) groups excluding carboxylic acids is 1. The van der Waals surface area contributed by atoms with Crippen LogP contribution in [0.1, 0.15) is 16.8 Å². The van der Waals surface area contributed by atoms with Gasteiger partial charge in [-0.05, 0) is 17.7 Å². The number of amides is 1. The minimum absolute atomic E-state index is 0.0893. The molecule has 6 heteroatoms. The second-order valence-corrected chi connectivity index (χ2v) is 4.38. The fraction of sp³-hybridized carbons (Fsp3) is 0.214. The van der Waals surface area contributed by atoms with Crippen molar-refractivity contribution in [3.05, 3.63) is 42.2 Å². The predicted molar refractivity (Wildman–Crippen MR) is 73.2 cm³/mol. The van der Waals surface area contributed by atoms with Gasteiger partial charge in [-0.25, -0.2) is 0 Å². The highest BCUT2D eigenvalue weighted by molar-refractivity contribution is 5.95. The number of benzene rings is 1. The van der Waals surface area contributed by atoms with Crippen LogP contribution in [0.15, 0.2) is 36.7 Å². The molecule has 0 saturated carbocycles. The van der Waals surface area contributed by atoms with Crippen molar-refractivity contribution < 1.29 is 14.7 Å². The van der Waals surface area contributed by atoms with E-state index in [1.165, 1.54) is 0 Å². The van der Waals surface area contributed by atoms with Crippen molar-refractivity contribution in [1.82, 2.24) is 15.1 Å². The Hall–Kier alpha value is -2.63. The second kappa shape index (κ2) is 6.01. The maximum absolute atomic E-state index is 11.9. The summed E-state index contributed by atoms with van der Waals surface area (Å²) in [6, 6.07) is 7.13. The molecular formula is C14H15N3O3. The Morgan fingerprint density at radius 1 is 1.35 bits per heavy atom. The van der Waals surface area contributed by atoms with Crippen LogP contribution in [0.5, 0.6) is 0 Å². The summed E-state index contributed by atoms with van der Waals surface area (Å²) in [6.07, 6.45) is 3.50. The van der Waals surface area contributed by atoms with Crippen LogP contribution in [-0.4, -0.2) is 33.3 Å². The summed E-state index contributed by atoms with van der Waals surface area (Å²) in [6.45, 7) is 0.116. The van der Waals surface area contributed by atoms with Gasteiger partial charge in [-0.3, -0.25) is 14.3 Å². The molecule has 0 unspecified atom stereocenters. The molecule has 1 heterocycles. The van der Waals surface area contributed by atoms with Crippen LogP contribution in [-0.2, 0) is 11.8 Å². The number of carbonyl (C=O) groups is 2. The molecule has 2 rings (SSSR count). The van der Waals surface area contributed by atoms with E-state index in [0.29, 0.717) is 5.56 Å². The Balaban J connectivity index is 2.09. The Kier molecular flexibility index (Phi) is 4.14. The summed E-state index contributed by atoms with van der Waals surface area (Å²) in [5.41, 5.74) is 2.31. The normalized spacial score (nSPS) is 10.2. The standard InChI is InChI=1S/C14H15N3O3/c1-17-9-12(8-16-17)10-3-2-4-11(7-10)14(20)15-6-5-13(18)19/h2-4,7-9H,5-6H2,1H3,(H,15,20)(H,18,19). The first-order valence-electron chi connectivity index (χ1n) is 6.15. The van der Waals surface area contributed by atoms with Gasteiger partial charge in [0.1, 0.15) is 0 Å². The molecule has 1 aromatic heterocycles. The molecule has 1 aromatic carbocycles. The monoisotopic (exact) mass is 273 g/mol. The number of aliphatic carboxylic acids is 1. The van der Waals surface area contributed by atoms with E-state index in [9.17, 15) is 9.59 Å². The fourth-order valence-electron chi connectivity index (χ4n) is 1.80. The van der Waals surface area contributed by atoms with Crippen LogP contribution < -0.4 is 5.32 Å². The smallest absolute Gasteiger partial charge is 0.305 e. The van der Waals surface area contributed by atoms with Gasteiger partial charge in [0.25, 0.3) is 5.91 Å². The molecule has 0 radical (unpaired) electrons. The van der Waals surface area contributed by atoms with Crippen molar-refractivity contribution in [2.24, 2.45) is 7.05 Å². The summed E-state index contributed by atoms with van der Waals surface area (Å²) in [5.74, 6) is -1.22. The number of hydrogen-bond donors (Lipinski definition) is 2. The molecule has 2 aromatic rings. The number of aromatic nitrogens is 2. The Morgan fingerprint density at radius 3 is 2.80 bits per heavy atom. The summed E-state index contributed by atoms with van der Waals surface area (Å²) in [7, 11) is 1.83. The van der Waals surface area contributed by atoms with E-state index in [2.05, 4.69) is 10.4 Å². The Morgan fingerprint density at radius 2 is 2.15 bits per heavy atom. The van der Waals surface area contributed by atoms with Gasteiger partial charge in [0.15, 0.2) is 0 Å². The highest BCUT2D eigenvalue weighted by Gasteiger charge is 2.08. The molecule has 0 aliphatic carbocycles. The van der Waals surface area contributed by atoms with Gasteiger partial charge in [0, 0.05) is 30.9 Å². The summed E-state index contributed by atoms with van der Waals surface area (Å²) in [4.78, 5) is 22.3. The first-order chi connectivity index (χ1) is 9.56. The first-order valence-corrected chi connectivity index (χ1v) is 6.15. The third-order valence-corrected chi connectivity index (χ3v) is 2.79. The third-order valence-electron chi connectivity index (χ3n) is 2.79. The van der Waals surface area contributed by atoms with Crippen LogP contribution in [0.4, 0.5) is 0 Å². The molecule has 0 aliphatic heterocycles. The number of nitrogens with zero attached hydrogens (tertiary/aromatic N) is 2. The minimum atomic E-state index is -0.936. The topological polar surface area (TPSA) is 84.2 Å². The zero-order valence-corrected chi connectivity index (χ0v) is 11.0. The van der Waals surface area contributed by atoms with Crippen LogP contribution in [0.3, 0.4) is 0 Å². The van der Waals surface area contributed by atoms with E-state index in [4.69, 9.17) is 5.11 Å². The number of rotatable bonds is 5. The maximum atomic E-state index is 11.9. The molecule has 104 valence electrons. The van der Waals surface area contributed by atoms with Gasteiger partial charge >= 0.3 is 5.97 Å². The molecule has 2 N–H and O–H groups in total. The van der Waals surface area contributed by atoms with Gasteiger partial charge in [0.05, 0.1) is 12.6 Å². The molecule has 0 bridgehead atoms. The predicted octanol–water partition coefficient (Wildman–Crippen LogP) is 1.29. The number of nitrogens with one attached hydrogen (secondary N) is 1. The molecular weight excluding hydrogens is 258 g/mol. The lowest BCUT2D eigenvalue weighted by Gasteiger charge is -2.05. The van der Waals surface area contributed by atoms with Crippen LogP contribution >= 0.6 is 0 Å². The fourth-order valence-corrected chi connectivity index (χ4v) is 1.80. The van der Waals surface area contributed by atoms with Crippen molar-refractivity contribution in [2.45, 2.75) is 6.42 Å². The van der Waals surface area contributed by atoms with Gasteiger partial charge in [-0.2, -0.15) is 5.10 Å². The average molecular weight is 273 g/mol. The highest BCUT2D eigenvalue weighted by atomic mass is 16.4. The lowest BCUT2D eigenvalue weighted by molar-refractivity contribution is -0.136. The van der Waals surface area contributed by atoms with Crippen molar-refractivity contribution in [1.29, 1.82) is 0 Å². The third kappa shape index (κ3) is 3.44. The van der Waals surface area contributed by atoms with Gasteiger partial charge in [0.2, 0.25) is 0 Å². The van der Waals surface area contributed by atoms with Crippen LogP contribution in [0.2, 0.25) is 0 Å². The van der Waals surface area contributed by atoms with Crippen molar-refractivity contribution in [3.63, 3.8) is 0 Å². The lowest BCUT2D eigenvalue weighted by Crippen LogP contribution is -2.25. The molecule has 6 nitrogen and oxygen atoms in total. The van der Waals surface area contributed by atoms with E-state index in [0.717, 1.165) is 11.1 Å². The largest absolute Gasteiger partial charge is 0.481 e. The number of carboxylic acids is 1. The van der Waals surface area contributed by atoms with E-state index in [1.54, 1.807) is 29.1 Å². The van der Waals surface area contributed by atoms with E-state index < -0.39 is 5.97 Å². The molecule has 0 aliphatic rings. The maximum Gasteiger partial charge on any atom is 0.305 e. The van der Waals surface area contributed by atoms with E-state index >= 15 is 0 Å². The van der Waals surface area contributed by atoms with Crippen molar-refractivity contribution in [2.75, 3.05) is 6.54 Å². The average Bonchev–Trinajstić information content (AvgIpc) is 2.85. The summed E-state index contributed by atoms with van der Waals surface area (Å²) in [5, 5.41) is 15.2. The number of hydrogen-bond acceptors (Lipinski definition) is 3. The molecule has 1 amide bonds. The highest BCUT2D eigenvalue weighted by Crippen LogP contribution is 2.19. The van der Waals surface area contributed by atoms with Gasteiger partial charge in [-0.1, -0.05) is 12.1 Å². The molecule has 0 fully saturated rings. The van der Waals surface area contributed by atoms with E-state index in [-0.39, 0.29) is 18.9 Å². The molecule has 0 saturated heterocycles. The summed E-state index contributed by atoms with van der Waals surface area (Å²) < 4.78 is 1.69. The number of carboxylic acid groups (broad SMARTS) is 1. The second-order valence-electron chi connectivity index (χ2n) is 4.38. The molecule has 0 atom stereocenters. The van der Waals surface area contributed by atoms with Crippen LogP contribution in [0, 0.1) is 0 Å². The van der Waals surface area contributed by atoms with Gasteiger partial charge in [-0.15, -0.1) is 0 Å². The Labute approximate surface area is 116 Å². The van der Waals surface area contributed by atoms with E-state index in [1.807, 2.05) is 19.3 Å². The van der Waals surface area contributed by atoms with Gasteiger partial charge < -0.3 is 10.4 Å². The van der Waals surface area contributed by atoms with Crippen molar-refractivity contribution >= 4 is 11.9 Å². The SMILES string of the molecule is Cn1cc(-c2cccc(C(=O)NCCC(=O)O)c2)cn1. The summed E-state index contributed by atoms with van der Waals surface area (Å²) >= 11 is 0. The zero-order valence-electron chi connectivity index (χ0n) is 11.0. The molecule has 20 heavy (non-hydrogen) atoms. The van der Waals surface area contributed by atoms with Crippen molar-refractivity contribution in [3.8, 4) is 11.1 Å². The lowest BCUT2D eigenvalue weighted by atomic mass is 10.1.